The molecule has 0 saturated heterocycles. The van der Waals surface area contributed by atoms with Gasteiger partial charge >= 0.3 is 0 Å². The molecule has 2 nitrogen and oxygen atoms in total. The quantitative estimate of drug-likeness (QED) is 0.576. The van der Waals surface area contributed by atoms with Crippen molar-refractivity contribution in [3.63, 3.8) is 0 Å². The van der Waals surface area contributed by atoms with E-state index >= 15 is 0 Å². The van der Waals surface area contributed by atoms with Crippen molar-refractivity contribution < 1.29 is 9.90 Å². The van der Waals surface area contributed by atoms with Gasteiger partial charge in [-0.1, -0.05) is 11.8 Å². The van der Waals surface area contributed by atoms with Crippen molar-refractivity contribution in [3.05, 3.63) is 12.3 Å². The molecule has 0 atom stereocenters. The second-order valence-electron chi connectivity index (χ2n) is 1.19. The van der Waals surface area contributed by atoms with Gasteiger partial charge in [0.2, 0.25) is 0 Å². The lowest BCUT2D eigenvalue weighted by Crippen LogP contribution is -1.80. The first-order valence-electron chi connectivity index (χ1n) is 2.20. The SMILES string of the molecule is CC(=O)SC/C=C/O. The molecular weight excluding hydrogens is 124 g/mol. The van der Waals surface area contributed by atoms with Crippen molar-refractivity contribution in [2.45, 2.75) is 6.92 Å². The molecule has 0 unspecified atom stereocenters. The Balaban J connectivity index is 3.05. The zero-order valence-electron chi connectivity index (χ0n) is 4.63. The molecule has 3 heteroatoms. The van der Waals surface area contributed by atoms with E-state index in [1.54, 1.807) is 0 Å². The summed E-state index contributed by atoms with van der Waals surface area (Å²) in [4.78, 5) is 10.2. The third kappa shape index (κ3) is 5.56. The van der Waals surface area contributed by atoms with Crippen LogP contribution in [0.5, 0.6) is 0 Å². The molecular formula is C5H8O2S. The average Bonchev–Trinajstić information content (AvgIpc) is 1.66. The van der Waals surface area contributed by atoms with E-state index in [0.717, 1.165) is 6.26 Å². The molecule has 0 spiro atoms. The van der Waals surface area contributed by atoms with E-state index in [2.05, 4.69) is 0 Å². The highest BCUT2D eigenvalue weighted by molar-refractivity contribution is 8.13. The number of aliphatic hydroxyl groups excluding tert-OH is 1. The van der Waals surface area contributed by atoms with Crippen LogP contribution in [-0.2, 0) is 4.79 Å². The minimum Gasteiger partial charge on any atom is -0.516 e. The number of thioether (sulfide) groups is 1. The standard InChI is InChI=1S/C5H8O2S/c1-5(7)8-4-2-3-6/h2-3,6H,4H2,1H3/b3-2+. The van der Waals surface area contributed by atoms with Crippen LogP contribution in [-0.4, -0.2) is 16.0 Å². The van der Waals surface area contributed by atoms with Crippen LogP contribution >= 0.6 is 11.8 Å². The number of hydrogen-bond donors (Lipinski definition) is 1. The van der Waals surface area contributed by atoms with Crippen LogP contribution in [0.4, 0.5) is 0 Å². The van der Waals surface area contributed by atoms with Crippen molar-refractivity contribution in [1.82, 2.24) is 0 Å². The summed E-state index contributed by atoms with van der Waals surface area (Å²) in [5, 5.41) is 8.15. The fraction of sp³-hybridized carbons (Fsp3) is 0.400. The third-order valence-electron chi connectivity index (χ3n) is 0.488. The Morgan fingerprint density at radius 3 is 2.88 bits per heavy atom. The summed E-state index contributed by atoms with van der Waals surface area (Å²) >= 11 is 1.17. The topological polar surface area (TPSA) is 37.3 Å². The van der Waals surface area contributed by atoms with Gasteiger partial charge in [-0.05, 0) is 6.08 Å². The molecule has 0 aromatic heterocycles. The number of hydrogen-bond acceptors (Lipinski definition) is 3. The molecule has 0 saturated carbocycles. The Morgan fingerprint density at radius 1 is 1.88 bits per heavy atom. The normalized spacial score (nSPS) is 10.1. The van der Waals surface area contributed by atoms with Crippen LogP contribution in [0.1, 0.15) is 6.92 Å². The molecule has 1 N–H and O–H groups in total. The summed E-state index contributed by atoms with van der Waals surface area (Å²) < 4.78 is 0. The molecule has 0 aliphatic carbocycles. The summed E-state index contributed by atoms with van der Waals surface area (Å²) in [6, 6.07) is 0. The van der Waals surface area contributed by atoms with Gasteiger partial charge in [-0.25, -0.2) is 0 Å². The van der Waals surface area contributed by atoms with Gasteiger partial charge in [-0.15, -0.1) is 0 Å². The maximum Gasteiger partial charge on any atom is 0.186 e. The molecule has 0 fully saturated rings. The molecule has 0 aliphatic rings. The summed E-state index contributed by atoms with van der Waals surface area (Å²) in [6.45, 7) is 1.50. The van der Waals surface area contributed by atoms with Crippen LogP contribution in [0.3, 0.4) is 0 Å². The van der Waals surface area contributed by atoms with Gasteiger partial charge in [0.15, 0.2) is 5.12 Å². The van der Waals surface area contributed by atoms with E-state index in [1.165, 1.54) is 24.8 Å². The zero-order chi connectivity index (χ0) is 6.41. The van der Waals surface area contributed by atoms with Gasteiger partial charge in [0, 0.05) is 12.7 Å². The average molecular weight is 132 g/mol. The molecule has 0 aromatic rings. The number of rotatable bonds is 2. The van der Waals surface area contributed by atoms with E-state index in [0.29, 0.717) is 5.75 Å². The van der Waals surface area contributed by atoms with Gasteiger partial charge in [0.05, 0.1) is 6.26 Å². The Kier molecular flexibility index (Phi) is 4.45. The van der Waals surface area contributed by atoms with Crippen molar-refractivity contribution in [2.24, 2.45) is 0 Å². The van der Waals surface area contributed by atoms with E-state index < -0.39 is 0 Å². The lowest BCUT2D eigenvalue weighted by Gasteiger charge is -1.84. The first-order valence-corrected chi connectivity index (χ1v) is 3.18. The second-order valence-corrected chi connectivity index (χ2v) is 2.38. The van der Waals surface area contributed by atoms with E-state index in [4.69, 9.17) is 5.11 Å². The summed E-state index contributed by atoms with van der Waals surface area (Å²) in [5.74, 6) is 0.561. The molecule has 0 heterocycles. The smallest absolute Gasteiger partial charge is 0.186 e. The maximum absolute atomic E-state index is 10.2. The Labute approximate surface area is 52.6 Å². The molecule has 0 amide bonds. The first kappa shape index (κ1) is 7.56. The largest absolute Gasteiger partial charge is 0.516 e. The molecule has 0 aliphatic heterocycles. The molecule has 0 aromatic carbocycles. The number of carbonyl (C=O) groups is 1. The molecule has 0 rings (SSSR count). The van der Waals surface area contributed by atoms with Crippen molar-refractivity contribution in [2.75, 3.05) is 5.75 Å². The molecule has 8 heavy (non-hydrogen) atoms. The highest BCUT2D eigenvalue weighted by Gasteiger charge is 1.87. The third-order valence-corrected chi connectivity index (χ3v) is 1.25. The summed E-state index contributed by atoms with van der Waals surface area (Å²) in [5.41, 5.74) is 0. The Morgan fingerprint density at radius 2 is 2.50 bits per heavy atom. The van der Waals surface area contributed by atoms with Gasteiger partial charge in [0.25, 0.3) is 0 Å². The Bertz CT molecular complexity index is 98.6. The van der Waals surface area contributed by atoms with Crippen LogP contribution in [0, 0.1) is 0 Å². The first-order chi connectivity index (χ1) is 3.77. The number of carbonyl (C=O) groups excluding carboxylic acids is 1. The van der Waals surface area contributed by atoms with Crippen LogP contribution in [0.2, 0.25) is 0 Å². The zero-order valence-corrected chi connectivity index (χ0v) is 5.44. The highest BCUT2D eigenvalue weighted by atomic mass is 32.2. The van der Waals surface area contributed by atoms with Crippen molar-refractivity contribution in [1.29, 1.82) is 0 Å². The minimum absolute atomic E-state index is 0.0723. The molecule has 46 valence electrons. The fourth-order valence-corrected chi connectivity index (χ4v) is 0.625. The van der Waals surface area contributed by atoms with Crippen LogP contribution in [0.25, 0.3) is 0 Å². The maximum atomic E-state index is 10.2. The van der Waals surface area contributed by atoms with Crippen LogP contribution in [0.15, 0.2) is 12.3 Å². The minimum atomic E-state index is 0.0723. The van der Waals surface area contributed by atoms with Gasteiger partial charge < -0.3 is 5.11 Å². The van der Waals surface area contributed by atoms with Crippen molar-refractivity contribution in [3.8, 4) is 0 Å². The van der Waals surface area contributed by atoms with E-state index in [9.17, 15) is 4.79 Å². The summed E-state index contributed by atoms with van der Waals surface area (Å²) in [7, 11) is 0. The molecule has 0 bridgehead atoms. The van der Waals surface area contributed by atoms with E-state index in [-0.39, 0.29) is 5.12 Å². The number of aliphatic hydroxyl groups is 1. The lowest BCUT2D eigenvalue weighted by atomic mass is 10.7. The molecule has 0 radical (unpaired) electrons. The highest BCUT2D eigenvalue weighted by Crippen LogP contribution is 1.99. The fourth-order valence-electron chi connectivity index (χ4n) is 0.208. The van der Waals surface area contributed by atoms with E-state index in [1.807, 2.05) is 0 Å². The van der Waals surface area contributed by atoms with Gasteiger partial charge in [-0.3, -0.25) is 4.79 Å². The van der Waals surface area contributed by atoms with Gasteiger partial charge in [-0.2, -0.15) is 0 Å². The predicted octanol–water partition coefficient (Wildman–Crippen LogP) is 1.34. The second kappa shape index (κ2) is 4.71. The van der Waals surface area contributed by atoms with Crippen molar-refractivity contribution >= 4 is 16.9 Å². The van der Waals surface area contributed by atoms with Gasteiger partial charge in [0.1, 0.15) is 0 Å². The Hall–Kier alpha value is -0.440. The van der Waals surface area contributed by atoms with Crippen LogP contribution < -0.4 is 0 Å². The monoisotopic (exact) mass is 132 g/mol. The predicted molar refractivity (Wildman–Crippen MR) is 34.9 cm³/mol. The lowest BCUT2D eigenvalue weighted by molar-refractivity contribution is -0.109. The summed E-state index contributed by atoms with van der Waals surface area (Å²) in [6.07, 6.45) is 2.46.